The van der Waals surface area contributed by atoms with Crippen LogP contribution in [0.4, 0.5) is 0 Å². The van der Waals surface area contributed by atoms with E-state index in [-0.39, 0.29) is 0 Å². The lowest BCUT2D eigenvalue weighted by molar-refractivity contribution is -0.151. The fourth-order valence-electron chi connectivity index (χ4n) is 1.21. The average molecular weight is 237 g/mol. The Morgan fingerprint density at radius 1 is 1.29 bits per heavy atom. The highest BCUT2D eigenvalue weighted by Gasteiger charge is 2.43. The third-order valence-electron chi connectivity index (χ3n) is 3.40. The Bertz CT molecular complexity index is 388. The number of nitrogens with one attached hydrogen (secondary N) is 1. The Balaban J connectivity index is 2.71. The molecule has 0 atom stereocenters. The third kappa shape index (κ3) is 3.00. The Morgan fingerprint density at radius 3 is 2.29 bits per heavy atom. The topological polar surface area (TPSA) is 75.1 Å². The zero-order valence-electron chi connectivity index (χ0n) is 10.7. The van der Waals surface area contributed by atoms with E-state index in [1.54, 1.807) is 32.3 Å². The predicted molar refractivity (Wildman–Crippen MR) is 64.4 cm³/mol. The standard InChI is InChI=1S/C12H19N3O2/c1-11(2,10(16)17)12(3,4)15-8-9-13-6-5-7-14-9/h5-7,15H,8H2,1-4H3,(H,16,17). The highest BCUT2D eigenvalue weighted by Crippen LogP contribution is 2.30. The molecule has 5 nitrogen and oxygen atoms in total. The van der Waals surface area contributed by atoms with Crippen molar-refractivity contribution in [3.63, 3.8) is 0 Å². The highest BCUT2D eigenvalue weighted by atomic mass is 16.4. The summed E-state index contributed by atoms with van der Waals surface area (Å²) in [6.45, 7) is 7.58. The van der Waals surface area contributed by atoms with Gasteiger partial charge in [0, 0.05) is 17.9 Å². The highest BCUT2D eigenvalue weighted by molar-refractivity contribution is 5.75. The second kappa shape index (κ2) is 4.79. The van der Waals surface area contributed by atoms with E-state index in [4.69, 9.17) is 0 Å². The number of carbonyl (C=O) groups is 1. The van der Waals surface area contributed by atoms with Gasteiger partial charge in [-0.1, -0.05) is 0 Å². The van der Waals surface area contributed by atoms with Crippen LogP contribution in [0.25, 0.3) is 0 Å². The summed E-state index contributed by atoms with van der Waals surface area (Å²) >= 11 is 0. The molecule has 0 spiro atoms. The molecule has 0 aromatic carbocycles. The van der Waals surface area contributed by atoms with Crippen molar-refractivity contribution in [1.82, 2.24) is 15.3 Å². The van der Waals surface area contributed by atoms with Crippen molar-refractivity contribution in [2.24, 2.45) is 5.41 Å². The molecule has 0 fully saturated rings. The first kappa shape index (κ1) is 13.6. The van der Waals surface area contributed by atoms with E-state index in [0.29, 0.717) is 12.4 Å². The molecule has 2 N–H and O–H groups in total. The molecular weight excluding hydrogens is 218 g/mol. The molecule has 0 bridgehead atoms. The smallest absolute Gasteiger partial charge is 0.310 e. The number of carboxylic acid groups (broad SMARTS) is 1. The number of rotatable bonds is 5. The van der Waals surface area contributed by atoms with Gasteiger partial charge in [-0.25, -0.2) is 9.97 Å². The number of nitrogens with zero attached hydrogens (tertiary/aromatic N) is 2. The van der Waals surface area contributed by atoms with Gasteiger partial charge in [0.05, 0.1) is 12.0 Å². The minimum Gasteiger partial charge on any atom is -0.481 e. The van der Waals surface area contributed by atoms with Gasteiger partial charge >= 0.3 is 5.97 Å². The van der Waals surface area contributed by atoms with Gasteiger partial charge in [-0.2, -0.15) is 0 Å². The molecule has 0 amide bonds. The maximum Gasteiger partial charge on any atom is 0.310 e. The van der Waals surface area contributed by atoms with Gasteiger partial charge in [0.25, 0.3) is 0 Å². The first-order valence-electron chi connectivity index (χ1n) is 5.52. The Kier molecular flexibility index (Phi) is 3.83. The van der Waals surface area contributed by atoms with Crippen LogP contribution in [-0.2, 0) is 11.3 Å². The van der Waals surface area contributed by atoms with Crippen LogP contribution >= 0.6 is 0 Å². The first-order chi connectivity index (χ1) is 7.77. The number of aromatic nitrogens is 2. The zero-order valence-corrected chi connectivity index (χ0v) is 10.7. The van der Waals surface area contributed by atoms with Crippen molar-refractivity contribution in [3.8, 4) is 0 Å². The van der Waals surface area contributed by atoms with Gasteiger partial charge in [0.2, 0.25) is 0 Å². The van der Waals surface area contributed by atoms with Crippen molar-refractivity contribution in [1.29, 1.82) is 0 Å². The molecule has 1 aromatic rings. The van der Waals surface area contributed by atoms with Gasteiger partial charge in [-0.15, -0.1) is 0 Å². The average Bonchev–Trinajstić information content (AvgIpc) is 2.27. The lowest BCUT2D eigenvalue weighted by Crippen LogP contribution is -2.54. The van der Waals surface area contributed by atoms with Crippen molar-refractivity contribution < 1.29 is 9.90 Å². The SMILES string of the molecule is CC(C)(NCc1ncccn1)C(C)(C)C(=O)O. The van der Waals surface area contributed by atoms with E-state index in [1.165, 1.54) is 0 Å². The lowest BCUT2D eigenvalue weighted by Gasteiger charge is -2.38. The Hall–Kier alpha value is -1.49. The fraction of sp³-hybridized carbons (Fsp3) is 0.583. The van der Waals surface area contributed by atoms with E-state index in [2.05, 4.69) is 15.3 Å². The monoisotopic (exact) mass is 237 g/mol. The maximum atomic E-state index is 11.2. The summed E-state index contributed by atoms with van der Waals surface area (Å²) in [5.41, 5.74) is -1.43. The van der Waals surface area contributed by atoms with E-state index < -0.39 is 16.9 Å². The van der Waals surface area contributed by atoms with Gasteiger partial charge in [-0.05, 0) is 33.8 Å². The summed E-state index contributed by atoms with van der Waals surface area (Å²) in [5, 5.41) is 12.4. The number of hydrogen-bond acceptors (Lipinski definition) is 4. The van der Waals surface area contributed by atoms with Crippen LogP contribution in [0.3, 0.4) is 0 Å². The van der Waals surface area contributed by atoms with E-state index in [0.717, 1.165) is 0 Å². The summed E-state index contributed by atoms with van der Waals surface area (Å²) in [6.07, 6.45) is 3.33. The molecule has 0 aliphatic rings. The van der Waals surface area contributed by atoms with Crippen LogP contribution in [0.15, 0.2) is 18.5 Å². The largest absolute Gasteiger partial charge is 0.481 e. The van der Waals surface area contributed by atoms with Crippen LogP contribution in [0, 0.1) is 5.41 Å². The molecule has 0 aliphatic carbocycles. The minimum absolute atomic E-state index is 0.449. The molecule has 0 saturated carbocycles. The predicted octanol–water partition coefficient (Wildman–Crippen LogP) is 1.46. The summed E-state index contributed by atoms with van der Waals surface area (Å²) in [6, 6.07) is 1.75. The second-order valence-electron chi connectivity index (χ2n) is 5.07. The van der Waals surface area contributed by atoms with Crippen LogP contribution in [-0.4, -0.2) is 26.6 Å². The molecule has 94 valence electrons. The van der Waals surface area contributed by atoms with E-state index in [9.17, 15) is 9.90 Å². The van der Waals surface area contributed by atoms with Crippen molar-refractivity contribution >= 4 is 5.97 Å². The molecule has 17 heavy (non-hydrogen) atoms. The Labute approximate surface area is 101 Å². The van der Waals surface area contributed by atoms with E-state index in [1.807, 2.05) is 13.8 Å². The first-order valence-corrected chi connectivity index (χ1v) is 5.52. The number of aliphatic carboxylic acids is 1. The summed E-state index contributed by atoms with van der Waals surface area (Å²) in [7, 11) is 0. The third-order valence-corrected chi connectivity index (χ3v) is 3.40. The summed E-state index contributed by atoms with van der Waals surface area (Å²) in [5.74, 6) is -0.175. The second-order valence-corrected chi connectivity index (χ2v) is 5.07. The zero-order chi connectivity index (χ0) is 13.1. The van der Waals surface area contributed by atoms with Crippen molar-refractivity contribution in [3.05, 3.63) is 24.3 Å². The quantitative estimate of drug-likeness (QED) is 0.810. The van der Waals surface area contributed by atoms with Crippen LogP contribution in [0.5, 0.6) is 0 Å². The molecular formula is C12H19N3O2. The molecule has 1 heterocycles. The molecule has 0 aliphatic heterocycles. The minimum atomic E-state index is -0.873. The summed E-state index contributed by atoms with van der Waals surface area (Å²) in [4.78, 5) is 19.4. The van der Waals surface area contributed by atoms with E-state index >= 15 is 0 Å². The van der Waals surface area contributed by atoms with Crippen molar-refractivity contribution in [2.45, 2.75) is 39.8 Å². The molecule has 5 heteroatoms. The van der Waals surface area contributed by atoms with Crippen LogP contribution < -0.4 is 5.32 Å². The summed E-state index contributed by atoms with van der Waals surface area (Å²) < 4.78 is 0. The number of carboxylic acids is 1. The van der Waals surface area contributed by atoms with Gasteiger partial charge < -0.3 is 10.4 Å². The molecule has 0 unspecified atom stereocenters. The van der Waals surface area contributed by atoms with Gasteiger partial charge in [0.15, 0.2) is 0 Å². The Morgan fingerprint density at radius 2 is 1.82 bits per heavy atom. The van der Waals surface area contributed by atoms with Gasteiger partial charge in [0.1, 0.15) is 5.82 Å². The maximum absolute atomic E-state index is 11.2. The molecule has 1 rings (SSSR count). The van der Waals surface area contributed by atoms with Crippen LogP contribution in [0.2, 0.25) is 0 Å². The molecule has 1 aromatic heterocycles. The normalized spacial score (nSPS) is 12.5. The molecule has 0 radical (unpaired) electrons. The lowest BCUT2D eigenvalue weighted by atomic mass is 9.74. The fourth-order valence-corrected chi connectivity index (χ4v) is 1.21. The van der Waals surface area contributed by atoms with Gasteiger partial charge in [-0.3, -0.25) is 4.79 Å². The van der Waals surface area contributed by atoms with Crippen LogP contribution in [0.1, 0.15) is 33.5 Å². The molecule has 0 saturated heterocycles. The van der Waals surface area contributed by atoms with Crippen molar-refractivity contribution in [2.75, 3.05) is 0 Å². The number of hydrogen-bond donors (Lipinski definition) is 2.